The van der Waals surface area contributed by atoms with Crippen LogP contribution in [-0.2, 0) is 0 Å². The van der Waals surface area contributed by atoms with Gasteiger partial charge in [0.15, 0.2) is 0 Å². The zero-order chi connectivity index (χ0) is 23.2. The highest BCUT2D eigenvalue weighted by Crippen LogP contribution is 2.30. The van der Waals surface area contributed by atoms with E-state index in [0.29, 0.717) is 32.5 Å². The van der Waals surface area contributed by atoms with E-state index in [9.17, 15) is 9.59 Å². The van der Waals surface area contributed by atoms with E-state index in [1.54, 1.807) is 60.3 Å². The first-order chi connectivity index (χ1) is 16.0. The van der Waals surface area contributed by atoms with Gasteiger partial charge in [-0.05, 0) is 72.8 Å². The second-order valence-electron chi connectivity index (χ2n) is 7.02. The van der Waals surface area contributed by atoms with E-state index in [1.807, 2.05) is 48.5 Å². The molecule has 2 amide bonds. The number of hydrogen-bond acceptors (Lipinski definition) is 3. The number of rotatable bonds is 6. The molecule has 0 unspecified atom stereocenters. The monoisotopic (exact) mass is 492 g/mol. The van der Waals surface area contributed by atoms with Crippen molar-refractivity contribution < 1.29 is 9.59 Å². The molecule has 7 heteroatoms. The molecule has 0 radical (unpaired) electrons. The van der Waals surface area contributed by atoms with Gasteiger partial charge in [-0.2, -0.15) is 0 Å². The van der Waals surface area contributed by atoms with Gasteiger partial charge < -0.3 is 10.6 Å². The van der Waals surface area contributed by atoms with Crippen molar-refractivity contribution in [3.8, 4) is 0 Å². The van der Waals surface area contributed by atoms with Gasteiger partial charge in [-0.25, -0.2) is 0 Å². The first kappa shape index (κ1) is 22.9. The Morgan fingerprint density at radius 3 is 1.27 bits per heavy atom. The quantitative estimate of drug-likeness (QED) is 0.290. The number of hydrogen-bond donors (Lipinski definition) is 2. The van der Waals surface area contributed by atoms with E-state index >= 15 is 0 Å². The smallest absolute Gasteiger partial charge is 0.257 e. The van der Waals surface area contributed by atoms with Crippen molar-refractivity contribution in [2.24, 2.45) is 0 Å². The van der Waals surface area contributed by atoms with Crippen molar-refractivity contribution in [2.75, 3.05) is 10.6 Å². The molecule has 4 aromatic carbocycles. The van der Waals surface area contributed by atoms with Crippen LogP contribution in [0.2, 0.25) is 10.0 Å². The van der Waals surface area contributed by atoms with Gasteiger partial charge in [-0.15, -0.1) is 0 Å². The molecule has 33 heavy (non-hydrogen) atoms. The summed E-state index contributed by atoms with van der Waals surface area (Å²) >= 11 is 13.7. The molecule has 0 atom stereocenters. The van der Waals surface area contributed by atoms with E-state index in [0.717, 1.165) is 9.79 Å². The molecule has 164 valence electrons. The number of carbonyl (C=O) groups is 2. The van der Waals surface area contributed by atoms with Gasteiger partial charge in [0.1, 0.15) is 0 Å². The van der Waals surface area contributed by atoms with Crippen molar-refractivity contribution in [1.82, 2.24) is 0 Å². The summed E-state index contributed by atoms with van der Waals surface area (Å²) in [5.74, 6) is -0.508. The predicted octanol–water partition coefficient (Wildman–Crippen LogP) is 7.65. The molecular formula is C26H18Cl2N2O2S. The number of benzene rings is 4. The molecule has 2 N–H and O–H groups in total. The van der Waals surface area contributed by atoms with Crippen molar-refractivity contribution >= 4 is 58.2 Å². The molecule has 4 aromatic rings. The average molecular weight is 493 g/mol. The first-order valence-electron chi connectivity index (χ1n) is 9.99. The van der Waals surface area contributed by atoms with Crippen LogP contribution in [0.25, 0.3) is 0 Å². The molecule has 4 nitrogen and oxygen atoms in total. The summed E-state index contributed by atoms with van der Waals surface area (Å²) in [6.07, 6.45) is 0. The number of halogens is 2. The van der Waals surface area contributed by atoms with Gasteiger partial charge >= 0.3 is 0 Å². The van der Waals surface area contributed by atoms with Crippen LogP contribution in [0.3, 0.4) is 0 Å². The fourth-order valence-corrected chi connectivity index (χ4v) is 4.30. The SMILES string of the molecule is O=C(Nc1ccc(Sc2ccc(NC(=O)c3ccccc3Cl)cc2)cc1)c1ccccc1Cl. The van der Waals surface area contributed by atoms with Gasteiger partial charge in [0.2, 0.25) is 0 Å². The second-order valence-corrected chi connectivity index (χ2v) is 8.98. The minimum atomic E-state index is -0.254. The normalized spacial score (nSPS) is 10.5. The zero-order valence-corrected chi connectivity index (χ0v) is 19.5. The van der Waals surface area contributed by atoms with Gasteiger partial charge in [0, 0.05) is 21.2 Å². The molecule has 0 aliphatic heterocycles. The second kappa shape index (κ2) is 10.6. The molecule has 0 bridgehead atoms. The van der Waals surface area contributed by atoms with Crippen molar-refractivity contribution in [2.45, 2.75) is 9.79 Å². The van der Waals surface area contributed by atoms with Crippen molar-refractivity contribution in [1.29, 1.82) is 0 Å². The van der Waals surface area contributed by atoms with Crippen LogP contribution in [0.1, 0.15) is 20.7 Å². The van der Waals surface area contributed by atoms with Crippen LogP contribution in [-0.4, -0.2) is 11.8 Å². The van der Waals surface area contributed by atoms with E-state index < -0.39 is 0 Å². The lowest BCUT2D eigenvalue weighted by Gasteiger charge is -2.09. The van der Waals surface area contributed by atoms with Gasteiger partial charge in [0.25, 0.3) is 11.8 Å². The highest BCUT2D eigenvalue weighted by atomic mass is 35.5. The Bertz CT molecular complexity index is 1190. The third-order valence-corrected chi connectivity index (χ3v) is 6.37. The summed E-state index contributed by atoms with van der Waals surface area (Å²) in [5.41, 5.74) is 2.22. The lowest BCUT2D eigenvalue weighted by molar-refractivity contribution is 0.101. The Labute approximate surface area is 205 Å². The Morgan fingerprint density at radius 2 is 0.909 bits per heavy atom. The Kier molecular flexibility index (Phi) is 7.35. The molecule has 0 spiro atoms. The van der Waals surface area contributed by atoms with Crippen LogP contribution in [0.5, 0.6) is 0 Å². The summed E-state index contributed by atoms with van der Waals surface area (Å²) < 4.78 is 0. The molecule has 0 heterocycles. The van der Waals surface area contributed by atoms with Crippen LogP contribution in [0.15, 0.2) is 107 Å². The van der Waals surface area contributed by atoms with Gasteiger partial charge in [0.05, 0.1) is 21.2 Å². The molecule has 0 aromatic heterocycles. The third-order valence-electron chi connectivity index (χ3n) is 4.70. The van der Waals surface area contributed by atoms with E-state index in [1.165, 1.54) is 0 Å². The molecular weight excluding hydrogens is 475 g/mol. The van der Waals surface area contributed by atoms with E-state index in [4.69, 9.17) is 23.2 Å². The highest BCUT2D eigenvalue weighted by molar-refractivity contribution is 7.99. The van der Waals surface area contributed by atoms with Gasteiger partial charge in [-0.3, -0.25) is 9.59 Å². The summed E-state index contributed by atoms with van der Waals surface area (Å²) in [6.45, 7) is 0. The summed E-state index contributed by atoms with van der Waals surface area (Å²) in [7, 11) is 0. The minimum absolute atomic E-state index is 0.254. The van der Waals surface area contributed by atoms with Crippen LogP contribution in [0.4, 0.5) is 11.4 Å². The lowest BCUT2D eigenvalue weighted by Crippen LogP contribution is -2.12. The molecule has 0 aliphatic rings. The fourth-order valence-electron chi connectivity index (χ4n) is 3.04. The Hall–Kier alpha value is -3.25. The average Bonchev–Trinajstić information content (AvgIpc) is 2.82. The standard InChI is InChI=1S/C26H18Cl2N2O2S/c27-23-7-3-1-5-21(23)25(31)29-17-9-13-19(14-10-17)33-20-15-11-18(12-16-20)30-26(32)22-6-2-4-8-24(22)28/h1-16H,(H,29,31)(H,30,32). The number of nitrogens with one attached hydrogen (secondary N) is 2. The van der Waals surface area contributed by atoms with Crippen molar-refractivity contribution in [3.05, 3.63) is 118 Å². The van der Waals surface area contributed by atoms with Crippen LogP contribution < -0.4 is 10.6 Å². The van der Waals surface area contributed by atoms with Crippen LogP contribution in [0, 0.1) is 0 Å². The Balaban J connectivity index is 1.35. The van der Waals surface area contributed by atoms with Gasteiger partial charge in [-0.1, -0.05) is 59.2 Å². The first-order valence-corrected chi connectivity index (χ1v) is 11.6. The van der Waals surface area contributed by atoms with Crippen molar-refractivity contribution in [3.63, 3.8) is 0 Å². The van der Waals surface area contributed by atoms with E-state index in [2.05, 4.69) is 10.6 Å². The molecule has 0 saturated carbocycles. The maximum atomic E-state index is 12.4. The summed E-state index contributed by atoms with van der Waals surface area (Å²) in [5, 5.41) is 6.52. The topological polar surface area (TPSA) is 58.2 Å². The summed E-state index contributed by atoms with van der Waals surface area (Å²) in [6, 6.07) is 28.9. The summed E-state index contributed by atoms with van der Waals surface area (Å²) in [4.78, 5) is 26.8. The highest BCUT2D eigenvalue weighted by Gasteiger charge is 2.11. The third kappa shape index (κ3) is 5.96. The number of anilines is 2. The molecule has 0 saturated heterocycles. The largest absolute Gasteiger partial charge is 0.322 e. The lowest BCUT2D eigenvalue weighted by atomic mass is 10.2. The maximum absolute atomic E-state index is 12.4. The molecule has 0 fully saturated rings. The Morgan fingerprint density at radius 1 is 0.545 bits per heavy atom. The molecule has 4 rings (SSSR count). The number of carbonyl (C=O) groups excluding carboxylic acids is 2. The molecule has 0 aliphatic carbocycles. The minimum Gasteiger partial charge on any atom is -0.322 e. The fraction of sp³-hybridized carbons (Fsp3) is 0. The van der Waals surface area contributed by atoms with Crippen LogP contribution >= 0.6 is 35.0 Å². The predicted molar refractivity (Wildman–Crippen MR) is 136 cm³/mol. The zero-order valence-electron chi connectivity index (χ0n) is 17.2. The number of amides is 2. The van der Waals surface area contributed by atoms with E-state index in [-0.39, 0.29) is 11.8 Å². The maximum Gasteiger partial charge on any atom is 0.257 e.